The van der Waals surface area contributed by atoms with E-state index in [-0.39, 0.29) is 24.9 Å². The fourth-order valence-corrected chi connectivity index (χ4v) is 1.89. The molecular weight excluding hydrogens is 208 g/mol. The van der Waals surface area contributed by atoms with Gasteiger partial charge in [0, 0.05) is 13.2 Å². The average Bonchev–Trinajstić information content (AvgIpc) is 2.29. The second kappa shape index (κ2) is 7.22. The zero-order chi connectivity index (χ0) is 12.0. The van der Waals surface area contributed by atoms with E-state index in [1.807, 2.05) is 13.8 Å². The van der Waals surface area contributed by atoms with Crippen LogP contribution in [0.25, 0.3) is 0 Å². The molecule has 4 heteroatoms. The molecule has 0 saturated carbocycles. The van der Waals surface area contributed by atoms with Crippen LogP contribution < -0.4 is 0 Å². The van der Waals surface area contributed by atoms with E-state index in [1.54, 1.807) is 0 Å². The third kappa shape index (κ3) is 4.37. The van der Waals surface area contributed by atoms with E-state index in [4.69, 9.17) is 14.6 Å². The van der Waals surface area contributed by atoms with Crippen molar-refractivity contribution in [3.8, 4) is 0 Å². The lowest BCUT2D eigenvalue weighted by molar-refractivity contribution is -0.213. The molecule has 0 aromatic rings. The minimum absolute atomic E-state index is 0.0289. The molecule has 0 aromatic carbocycles. The van der Waals surface area contributed by atoms with E-state index < -0.39 is 6.10 Å². The number of ether oxygens (including phenoxy) is 2. The predicted molar refractivity (Wildman–Crippen MR) is 61.0 cm³/mol. The Morgan fingerprint density at radius 1 is 1.38 bits per heavy atom. The Balaban J connectivity index is 2.42. The van der Waals surface area contributed by atoms with E-state index in [1.165, 1.54) is 0 Å². The molecule has 1 aliphatic rings. The highest BCUT2D eigenvalue weighted by atomic mass is 16.7. The second-order valence-electron chi connectivity index (χ2n) is 4.72. The van der Waals surface area contributed by atoms with Crippen molar-refractivity contribution in [1.82, 2.24) is 0 Å². The highest BCUT2D eigenvalue weighted by Crippen LogP contribution is 2.20. The topological polar surface area (TPSA) is 58.9 Å². The number of aliphatic hydroxyl groups is 2. The zero-order valence-corrected chi connectivity index (χ0v) is 10.3. The van der Waals surface area contributed by atoms with Gasteiger partial charge in [-0.1, -0.05) is 13.8 Å². The van der Waals surface area contributed by atoms with Gasteiger partial charge in [0.05, 0.1) is 12.2 Å². The van der Waals surface area contributed by atoms with Crippen molar-refractivity contribution in [2.75, 3.05) is 13.2 Å². The Bertz CT molecular complexity index is 178. The highest BCUT2D eigenvalue weighted by molar-refractivity contribution is 4.73. The van der Waals surface area contributed by atoms with Crippen molar-refractivity contribution in [3.63, 3.8) is 0 Å². The normalized spacial score (nSPS) is 25.7. The van der Waals surface area contributed by atoms with Gasteiger partial charge in [-0.3, -0.25) is 0 Å². The van der Waals surface area contributed by atoms with Crippen LogP contribution in [0.2, 0.25) is 0 Å². The Morgan fingerprint density at radius 3 is 2.62 bits per heavy atom. The summed E-state index contributed by atoms with van der Waals surface area (Å²) in [6, 6.07) is 0. The van der Waals surface area contributed by atoms with Gasteiger partial charge in [0.2, 0.25) is 0 Å². The van der Waals surface area contributed by atoms with Gasteiger partial charge in [0.1, 0.15) is 0 Å². The standard InChI is InChI=1S/C12H24O4/c1-9(2)12(14)10(6-7-13)16-11-5-3-4-8-15-11/h9-14H,3-8H2,1-2H3/t10-,11?,12+/m1/s1. The fraction of sp³-hybridized carbons (Fsp3) is 1.00. The van der Waals surface area contributed by atoms with Crippen molar-refractivity contribution in [3.05, 3.63) is 0 Å². The monoisotopic (exact) mass is 232 g/mol. The lowest BCUT2D eigenvalue weighted by Crippen LogP contribution is -2.38. The first kappa shape index (κ1) is 13.9. The molecule has 4 nitrogen and oxygen atoms in total. The summed E-state index contributed by atoms with van der Waals surface area (Å²) in [5, 5.41) is 18.9. The van der Waals surface area contributed by atoms with Crippen LogP contribution in [0.3, 0.4) is 0 Å². The first-order valence-electron chi connectivity index (χ1n) is 6.21. The maximum absolute atomic E-state index is 9.96. The van der Waals surface area contributed by atoms with Crippen LogP contribution in [0.4, 0.5) is 0 Å². The number of hydrogen-bond donors (Lipinski definition) is 2. The Morgan fingerprint density at radius 2 is 2.12 bits per heavy atom. The smallest absolute Gasteiger partial charge is 0.158 e. The van der Waals surface area contributed by atoms with E-state index in [2.05, 4.69) is 0 Å². The summed E-state index contributed by atoms with van der Waals surface area (Å²) in [6.45, 7) is 4.65. The number of rotatable bonds is 6. The van der Waals surface area contributed by atoms with Gasteiger partial charge in [-0.2, -0.15) is 0 Å². The zero-order valence-electron chi connectivity index (χ0n) is 10.3. The first-order chi connectivity index (χ1) is 7.65. The van der Waals surface area contributed by atoms with Crippen molar-refractivity contribution in [2.45, 2.75) is 58.0 Å². The van der Waals surface area contributed by atoms with Gasteiger partial charge in [0.25, 0.3) is 0 Å². The van der Waals surface area contributed by atoms with Crippen LogP contribution in [0.1, 0.15) is 39.5 Å². The third-order valence-electron chi connectivity index (χ3n) is 2.94. The minimum atomic E-state index is -0.544. The molecule has 1 aliphatic heterocycles. The van der Waals surface area contributed by atoms with Crippen molar-refractivity contribution in [2.24, 2.45) is 5.92 Å². The summed E-state index contributed by atoms with van der Waals surface area (Å²) in [5.74, 6) is 0.125. The van der Waals surface area contributed by atoms with Crippen molar-refractivity contribution >= 4 is 0 Å². The molecule has 2 N–H and O–H groups in total. The molecule has 0 radical (unpaired) electrons. The molecule has 1 unspecified atom stereocenters. The maximum Gasteiger partial charge on any atom is 0.158 e. The molecule has 0 amide bonds. The molecule has 1 fully saturated rings. The van der Waals surface area contributed by atoms with Crippen LogP contribution in [0.5, 0.6) is 0 Å². The van der Waals surface area contributed by atoms with Crippen molar-refractivity contribution < 1.29 is 19.7 Å². The largest absolute Gasteiger partial charge is 0.396 e. The molecule has 0 bridgehead atoms. The average molecular weight is 232 g/mol. The van der Waals surface area contributed by atoms with E-state index in [0.29, 0.717) is 6.42 Å². The molecule has 1 rings (SSSR count). The Hall–Kier alpha value is -0.160. The van der Waals surface area contributed by atoms with E-state index in [0.717, 1.165) is 25.9 Å². The summed E-state index contributed by atoms with van der Waals surface area (Å²) in [4.78, 5) is 0. The third-order valence-corrected chi connectivity index (χ3v) is 2.94. The minimum Gasteiger partial charge on any atom is -0.396 e. The molecular formula is C12H24O4. The van der Waals surface area contributed by atoms with Gasteiger partial charge in [-0.15, -0.1) is 0 Å². The second-order valence-corrected chi connectivity index (χ2v) is 4.72. The van der Waals surface area contributed by atoms with Crippen LogP contribution in [-0.4, -0.2) is 41.9 Å². The first-order valence-corrected chi connectivity index (χ1v) is 6.21. The van der Waals surface area contributed by atoms with E-state index in [9.17, 15) is 5.11 Å². The number of aliphatic hydroxyl groups excluding tert-OH is 2. The molecule has 96 valence electrons. The molecule has 1 heterocycles. The van der Waals surface area contributed by atoms with Gasteiger partial charge in [0.15, 0.2) is 6.29 Å². The highest BCUT2D eigenvalue weighted by Gasteiger charge is 2.27. The SMILES string of the molecule is CC(C)[C@H](O)[C@@H](CCO)OC1CCCCO1. The predicted octanol–water partition coefficient (Wildman–Crippen LogP) is 1.30. The number of hydrogen-bond acceptors (Lipinski definition) is 4. The lowest BCUT2D eigenvalue weighted by atomic mass is 9.99. The van der Waals surface area contributed by atoms with Gasteiger partial charge in [-0.05, 0) is 31.6 Å². The quantitative estimate of drug-likeness (QED) is 0.724. The van der Waals surface area contributed by atoms with Gasteiger partial charge >= 0.3 is 0 Å². The summed E-state index contributed by atoms with van der Waals surface area (Å²) < 4.78 is 11.2. The molecule has 16 heavy (non-hydrogen) atoms. The molecule has 0 aromatic heterocycles. The van der Waals surface area contributed by atoms with Crippen LogP contribution in [-0.2, 0) is 9.47 Å². The van der Waals surface area contributed by atoms with E-state index >= 15 is 0 Å². The van der Waals surface area contributed by atoms with Gasteiger partial charge < -0.3 is 19.7 Å². The Kier molecular flexibility index (Phi) is 6.28. The summed E-state index contributed by atoms with van der Waals surface area (Å²) in [7, 11) is 0. The Labute approximate surface area is 97.6 Å². The molecule has 3 atom stereocenters. The van der Waals surface area contributed by atoms with Gasteiger partial charge in [-0.25, -0.2) is 0 Å². The summed E-state index contributed by atoms with van der Waals surface area (Å²) in [5.41, 5.74) is 0. The fourth-order valence-electron chi connectivity index (χ4n) is 1.89. The molecule has 0 spiro atoms. The molecule has 1 saturated heterocycles. The molecule has 0 aliphatic carbocycles. The van der Waals surface area contributed by atoms with Crippen LogP contribution in [0.15, 0.2) is 0 Å². The van der Waals surface area contributed by atoms with Crippen LogP contribution >= 0.6 is 0 Å². The maximum atomic E-state index is 9.96. The summed E-state index contributed by atoms with van der Waals surface area (Å²) in [6.07, 6.45) is 2.45. The van der Waals surface area contributed by atoms with Crippen LogP contribution in [0, 0.1) is 5.92 Å². The summed E-state index contributed by atoms with van der Waals surface area (Å²) >= 11 is 0. The lowest BCUT2D eigenvalue weighted by Gasteiger charge is -2.31. The van der Waals surface area contributed by atoms with Crippen molar-refractivity contribution in [1.29, 1.82) is 0 Å².